The van der Waals surface area contributed by atoms with Crippen molar-refractivity contribution in [2.45, 2.75) is 43.5 Å². The molecule has 0 unspecified atom stereocenters. The molecule has 0 saturated carbocycles. The molecule has 8 heteroatoms. The zero-order valence-corrected chi connectivity index (χ0v) is 15.2. The lowest BCUT2D eigenvalue weighted by Gasteiger charge is -2.32. The van der Waals surface area contributed by atoms with Gasteiger partial charge in [-0.25, -0.2) is 8.42 Å². The zero-order chi connectivity index (χ0) is 18.2. The predicted octanol–water partition coefficient (Wildman–Crippen LogP) is 1.31. The standard InChI is InChI=1S/C17H22N2O5S/c1-12(20)18-10-8-13-11-14(6-7-15(13)18)25(22,23)19-9-4-3-5-16(19)17(21)24-2/h6-7,11,16H,3-5,8-10H2,1-2H3/t16-/m1/s1. The largest absolute Gasteiger partial charge is 0.468 e. The molecule has 2 aliphatic heterocycles. The average molecular weight is 366 g/mol. The Labute approximate surface area is 147 Å². The minimum atomic E-state index is -3.80. The van der Waals surface area contributed by atoms with Gasteiger partial charge < -0.3 is 9.64 Å². The van der Waals surface area contributed by atoms with Gasteiger partial charge in [0.05, 0.1) is 12.0 Å². The van der Waals surface area contributed by atoms with Crippen LogP contribution in [0.5, 0.6) is 0 Å². The van der Waals surface area contributed by atoms with Gasteiger partial charge in [0.15, 0.2) is 0 Å². The number of piperidine rings is 1. The number of methoxy groups -OCH3 is 1. The summed E-state index contributed by atoms with van der Waals surface area (Å²) >= 11 is 0. The minimum absolute atomic E-state index is 0.0591. The molecule has 25 heavy (non-hydrogen) atoms. The lowest BCUT2D eigenvalue weighted by Crippen LogP contribution is -2.48. The summed E-state index contributed by atoms with van der Waals surface area (Å²) < 4.78 is 32.2. The number of carbonyl (C=O) groups excluding carboxylic acids is 2. The van der Waals surface area contributed by atoms with Gasteiger partial charge in [-0.15, -0.1) is 0 Å². The number of sulfonamides is 1. The van der Waals surface area contributed by atoms with Gasteiger partial charge in [-0.1, -0.05) is 0 Å². The fourth-order valence-electron chi connectivity index (χ4n) is 3.57. The number of fused-ring (bicyclic) bond motifs is 1. The van der Waals surface area contributed by atoms with Gasteiger partial charge >= 0.3 is 5.97 Å². The van der Waals surface area contributed by atoms with Crippen molar-refractivity contribution < 1.29 is 22.7 Å². The lowest BCUT2D eigenvalue weighted by molar-refractivity contribution is -0.146. The van der Waals surface area contributed by atoms with Crippen LogP contribution in [0.2, 0.25) is 0 Å². The topological polar surface area (TPSA) is 84.0 Å². The number of amides is 1. The SMILES string of the molecule is COC(=O)[C@H]1CCCCN1S(=O)(=O)c1ccc2c(c1)CCN2C(C)=O. The van der Waals surface area contributed by atoms with Crippen molar-refractivity contribution >= 4 is 27.6 Å². The van der Waals surface area contributed by atoms with E-state index in [9.17, 15) is 18.0 Å². The fraction of sp³-hybridized carbons (Fsp3) is 0.529. The van der Waals surface area contributed by atoms with Crippen LogP contribution in [0.1, 0.15) is 31.7 Å². The molecule has 1 aromatic carbocycles. The average Bonchev–Trinajstić information content (AvgIpc) is 3.04. The maximum absolute atomic E-state index is 13.1. The first-order chi connectivity index (χ1) is 11.9. The molecule has 0 bridgehead atoms. The monoisotopic (exact) mass is 366 g/mol. The number of nitrogens with zero attached hydrogens (tertiary/aromatic N) is 2. The quantitative estimate of drug-likeness (QED) is 0.753. The van der Waals surface area contributed by atoms with E-state index in [4.69, 9.17) is 4.74 Å². The van der Waals surface area contributed by atoms with E-state index < -0.39 is 22.0 Å². The number of anilines is 1. The van der Waals surface area contributed by atoms with Crippen molar-refractivity contribution in [2.75, 3.05) is 25.1 Å². The first-order valence-corrected chi connectivity index (χ1v) is 9.81. The van der Waals surface area contributed by atoms with Gasteiger partial charge in [0.2, 0.25) is 15.9 Å². The highest BCUT2D eigenvalue weighted by molar-refractivity contribution is 7.89. The van der Waals surface area contributed by atoms with Gasteiger partial charge in [-0.05, 0) is 49.4 Å². The van der Waals surface area contributed by atoms with E-state index in [0.717, 1.165) is 24.1 Å². The highest BCUT2D eigenvalue weighted by atomic mass is 32.2. The van der Waals surface area contributed by atoms with Crippen molar-refractivity contribution in [1.82, 2.24) is 4.31 Å². The second kappa shape index (κ2) is 6.76. The highest BCUT2D eigenvalue weighted by Gasteiger charge is 2.38. The second-order valence-electron chi connectivity index (χ2n) is 6.36. The summed E-state index contributed by atoms with van der Waals surface area (Å²) in [6.07, 6.45) is 2.60. The molecule has 1 saturated heterocycles. The summed E-state index contributed by atoms with van der Waals surface area (Å²) in [5.41, 5.74) is 1.59. The van der Waals surface area contributed by atoms with Crippen molar-refractivity contribution in [3.8, 4) is 0 Å². The molecule has 2 heterocycles. The van der Waals surface area contributed by atoms with E-state index in [-0.39, 0.29) is 10.8 Å². The molecule has 2 aliphatic rings. The first-order valence-electron chi connectivity index (χ1n) is 8.37. The number of ether oxygens (including phenoxy) is 1. The van der Waals surface area contributed by atoms with E-state index in [0.29, 0.717) is 25.9 Å². The molecule has 3 rings (SSSR count). The molecule has 7 nitrogen and oxygen atoms in total. The van der Waals surface area contributed by atoms with Gasteiger partial charge in [0.1, 0.15) is 6.04 Å². The molecule has 1 fully saturated rings. The van der Waals surface area contributed by atoms with Crippen LogP contribution in [0, 0.1) is 0 Å². The number of rotatable bonds is 3. The predicted molar refractivity (Wildman–Crippen MR) is 91.7 cm³/mol. The van der Waals surface area contributed by atoms with Gasteiger partial charge in [-0.2, -0.15) is 4.31 Å². The summed E-state index contributed by atoms with van der Waals surface area (Å²) in [7, 11) is -2.53. The fourth-order valence-corrected chi connectivity index (χ4v) is 5.26. The Balaban J connectivity index is 1.95. The number of carbonyl (C=O) groups is 2. The number of hydrogen-bond acceptors (Lipinski definition) is 5. The Kier molecular flexibility index (Phi) is 4.83. The maximum Gasteiger partial charge on any atom is 0.324 e. The third kappa shape index (κ3) is 3.16. The number of benzene rings is 1. The summed E-state index contributed by atoms with van der Waals surface area (Å²) in [5.74, 6) is -0.580. The van der Waals surface area contributed by atoms with Crippen molar-refractivity contribution in [3.05, 3.63) is 23.8 Å². The third-order valence-corrected chi connectivity index (χ3v) is 6.76. The molecule has 1 amide bonds. The minimum Gasteiger partial charge on any atom is -0.468 e. The molecule has 1 atom stereocenters. The van der Waals surface area contributed by atoms with Crippen molar-refractivity contribution in [2.24, 2.45) is 0 Å². The summed E-state index contributed by atoms with van der Waals surface area (Å²) in [4.78, 5) is 25.4. The number of hydrogen-bond donors (Lipinski definition) is 0. The van der Waals surface area contributed by atoms with Crippen molar-refractivity contribution in [1.29, 1.82) is 0 Å². The Morgan fingerprint density at radius 2 is 1.96 bits per heavy atom. The van der Waals surface area contributed by atoms with E-state index in [1.807, 2.05) is 0 Å². The van der Waals surface area contributed by atoms with Crippen LogP contribution in [0.4, 0.5) is 5.69 Å². The smallest absolute Gasteiger partial charge is 0.324 e. The normalized spacial score (nSPS) is 21.0. The van der Waals surface area contributed by atoms with E-state index in [1.165, 1.54) is 24.4 Å². The molecule has 1 aromatic rings. The van der Waals surface area contributed by atoms with Crippen LogP contribution in [0.3, 0.4) is 0 Å². The second-order valence-corrected chi connectivity index (χ2v) is 8.25. The van der Waals surface area contributed by atoms with Crippen LogP contribution in [0.15, 0.2) is 23.1 Å². The molecule has 0 aromatic heterocycles. The zero-order valence-electron chi connectivity index (χ0n) is 14.4. The summed E-state index contributed by atoms with van der Waals surface area (Å²) in [6.45, 7) is 2.36. The summed E-state index contributed by atoms with van der Waals surface area (Å²) in [5, 5.41) is 0. The highest BCUT2D eigenvalue weighted by Crippen LogP contribution is 2.33. The van der Waals surface area contributed by atoms with Gasteiger partial charge in [0.25, 0.3) is 0 Å². The van der Waals surface area contributed by atoms with Crippen LogP contribution in [-0.2, 0) is 30.8 Å². The Bertz CT molecular complexity index is 805. The van der Waals surface area contributed by atoms with Crippen LogP contribution in [-0.4, -0.2) is 50.8 Å². The van der Waals surface area contributed by atoms with E-state index in [1.54, 1.807) is 17.0 Å². The number of esters is 1. The van der Waals surface area contributed by atoms with Crippen LogP contribution < -0.4 is 4.90 Å². The van der Waals surface area contributed by atoms with Crippen LogP contribution in [0.25, 0.3) is 0 Å². The maximum atomic E-state index is 13.1. The molecule has 0 aliphatic carbocycles. The lowest BCUT2D eigenvalue weighted by atomic mass is 10.1. The first kappa shape index (κ1) is 17.9. The Morgan fingerprint density at radius 3 is 2.64 bits per heavy atom. The Hall–Kier alpha value is -1.93. The molecule has 0 radical (unpaired) electrons. The molecular formula is C17H22N2O5S. The third-order valence-electron chi connectivity index (χ3n) is 4.86. The molecule has 0 N–H and O–H groups in total. The molecular weight excluding hydrogens is 344 g/mol. The van der Waals surface area contributed by atoms with E-state index in [2.05, 4.69) is 0 Å². The Morgan fingerprint density at radius 1 is 1.20 bits per heavy atom. The molecule has 136 valence electrons. The molecule has 0 spiro atoms. The van der Waals surface area contributed by atoms with E-state index >= 15 is 0 Å². The van der Waals surface area contributed by atoms with Gasteiger partial charge in [-0.3, -0.25) is 9.59 Å². The van der Waals surface area contributed by atoms with Gasteiger partial charge in [0, 0.05) is 25.7 Å². The van der Waals surface area contributed by atoms with Crippen molar-refractivity contribution in [3.63, 3.8) is 0 Å². The van der Waals surface area contributed by atoms with Crippen LogP contribution >= 0.6 is 0 Å². The summed E-state index contributed by atoms with van der Waals surface area (Å²) in [6, 6.07) is 4.04.